The maximum Gasteiger partial charge on any atom is 0.254 e. The Balaban J connectivity index is 1.55. The standard InChI is InChI=1S/C23H22FN3O2/c1-13(2)26-12-20-19(23(26)29)8-16(9-21(20)24)6-14(3)27-11-17-7-15(10-25)4-5-18(17)22(27)28/h4-5,7-9,13-14H,6,11-12H2,1-3H3. The Kier molecular flexibility index (Phi) is 4.62. The number of carbonyl (C=O) groups is 2. The normalized spacial score (nSPS) is 16.3. The van der Waals surface area contributed by atoms with Gasteiger partial charge in [0.15, 0.2) is 0 Å². The van der Waals surface area contributed by atoms with Crippen LogP contribution in [0.25, 0.3) is 0 Å². The van der Waals surface area contributed by atoms with E-state index in [9.17, 15) is 14.0 Å². The van der Waals surface area contributed by atoms with Crippen molar-refractivity contribution in [2.24, 2.45) is 0 Å². The van der Waals surface area contributed by atoms with Gasteiger partial charge in [-0.25, -0.2) is 4.39 Å². The molecule has 0 spiro atoms. The molecule has 1 unspecified atom stereocenters. The quantitative estimate of drug-likeness (QED) is 0.799. The Morgan fingerprint density at radius 2 is 1.76 bits per heavy atom. The molecule has 4 rings (SSSR count). The van der Waals surface area contributed by atoms with Crippen molar-refractivity contribution >= 4 is 11.8 Å². The van der Waals surface area contributed by atoms with Crippen molar-refractivity contribution in [2.45, 2.75) is 52.4 Å². The summed E-state index contributed by atoms with van der Waals surface area (Å²) < 4.78 is 14.7. The van der Waals surface area contributed by atoms with Crippen LogP contribution in [-0.2, 0) is 19.5 Å². The molecule has 2 aromatic rings. The molecule has 2 aromatic carbocycles. The van der Waals surface area contributed by atoms with Crippen LogP contribution in [0.3, 0.4) is 0 Å². The van der Waals surface area contributed by atoms with Gasteiger partial charge in [-0.1, -0.05) is 0 Å². The molecule has 29 heavy (non-hydrogen) atoms. The lowest BCUT2D eigenvalue weighted by molar-refractivity contribution is 0.0711. The molecular weight excluding hydrogens is 369 g/mol. The first-order valence-electron chi connectivity index (χ1n) is 9.76. The Hall–Kier alpha value is -3.20. The van der Waals surface area contributed by atoms with Crippen LogP contribution in [0.4, 0.5) is 4.39 Å². The van der Waals surface area contributed by atoms with E-state index in [1.54, 1.807) is 34.1 Å². The summed E-state index contributed by atoms with van der Waals surface area (Å²) in [5.74, 6) is -0.589. The van der Waals surface area contributed by atoms with E-state index in [0.29, 0.717) is 47.3 Å². The van der Waals surface area contributed by atoms with Gasteiger partial charge in [-0.3, -0.25) is 9.59 Å². The van der Waals surface area contributed by atoms with Crippen LogP contribution in [0.2, 0.25) is 0 Å². The number of nitrogens with zero attached hydrogens (tertiary/aromatic N) is 3. The molecule has 2 heterocycles. The fourth-order valence-electron chi connectivity index (χ4n) is 4.20. The molecule has 0 saturated heterocycles. The van der Waals surface area contributed by atoms with Crippen molar-refractivity contribution in [3.63, 3.8) is 0 Å². The van der Waals surface area contributed by atoms with Crippen LogP contribution in [0, 0.1) is 17.1 Å². The number of rotatable bonds is 4. The molecule has 2 aliphatic rings. The van der Waals surface area contributed by atoms with Gasteiger partial charge in [0.2, 0.25) is 0 Å². The van der Waals surface area contributed by atoms with Crippen molar-refractivity contribution in [1.82, 2.24) is 9.80 Å². The van der Waals surface area contributed by atoms with E-state index in [1.807, 2.05) is 20.8 Å². The Morgan fingerprint density at radius 3 is 2.45 bits per heavy atom. The molecule has 6 heteroatoms. The zero-order valence-corrected chi connectivity index (χ0v) is 16.7. The fraction of sp³-hybridized carbons (Fsp3) is 0.348. The first-order chi connectivity index (χ1) is 13.8. The van der Waals surface area contributed by atoms with Crippen LogP contribution in [0.15, 0.2) is 30.3 Å². The highest BCUT2D eigenvalue weighted by Gasteiger charge is 2.34. The molecule has 148 valence electrons. The summed E-state index contributed by atoms with van der Waals surface area (Å²) in [5, 5.41) is 9.07. The fourth-order valence-corrected chi connectivity index (χ4v) is 4.20. The van der Waals surface area contributed by atoms with E-state index in [1.165, 1.54) is 6.07 Å². The smallest absolute Gasteiger partial charge is 0.254 e. The van der Waals surface area contributed by atoms with Gasteiger partial charge in [0.25, 0.3) is 11.8 Å². The molecule has 0 radical (unpaired) electrons. The third-order valence-electron chi connectivity index (χ3n) is 5.83. The van der Waals surface area contributed by atoms with E-state index < -0.39 is 0 Å². The van der Waals surface area contributed by atoms with Crippen molar-refractivity contribution in [3.8, 4) is 6.07 Å². The minimum absolute atomic E-state index is 0.00991. The first kappa shape index (κ1) is 19.1. The molecular formula is C23H22FN3O2. The van der Waals surface area contributed by atoms with Crippen molar-refractivity contribution in [2.75, 3.05) is 0 Å². The van der Waals surface area contributed by atoms with Gasteiger partial charge in [-0.15, -0.1) is 0 Å². The summed E-state index contributed by atoms with van der Waals surface area (Å²) >= 11 is 0. The zero-order valence-electron chi connectivity index (χ0n) is 16.7. The highest BCUT2D eigenvalue weighted by Crippen LogP contribution is 2.30. The Bertz CT molecular complexity index is 1070. The van der Waals surface area contributed by atoms with Crippen molar-refractivity contribution in [3.05, 3.63) is 69.5 Å². The topological polar surface area (TPSA) is 64.4 Å². The predicted molar refractivity (Wildman–Crippen MR) is 106 cm³/mol. The summed E-state index contributed by atoms with van der Waals surface area (Å²) in [4.78, 5) is 28.8. The number of hydrogen-bond donors (Lipinski definition) is 0. The number of halogens is 1. The van der Waals surface area contributed by atoms with E-state index >= 15 is 0 Å². The molecule has 2 aliphatic heterocycles. The van der Waals surface area contributed by atoms with Gasteiger partial charge >= 0.3 is 0 Å². The summed E-state index contributed by atoms with van der Waals surface area (Å²) in [6.45, 7) is 6.48. The molecule has 0 N–H and O–H groups in total. The average molecular weight is 391 g/mol. The highest BCUT2D eigenvalue weighted by molar-refractivity contribution is 5.99. The Morgan fingerprint density at radius 1 is 1.03 bits per heavy atom. The molecule has 0 fully saturated rings. The number of hydrogen-bond acceptors (Lipinski definition) is 3. The van der Waals surface area contributed by atoms with Crippen molar-refractivity contribution < 1.29 is 14.0 Å². The second-order valence-corrected chi connectivity index (χ2v) is 8.10. The van der Waals surface area contributed by atoms with E-state index in [-0.39, 0.29) is 29.7 Å². The summed E-state index contributed by atoms with van der Waals surface area (Å²) in [7, 11) is 0. The predicted octanol–water partition coefficient (Wildman–Crippen LogP) is 3.65. The summed E-state index contributed by atoms with van der Waals surface area (Å²) in [6, 6.07) is 10.3. The minimum Gasteiger partial charge on any atom is -0.332 e. The van der Waals surface area contributed by atoms with E-state index in [0.717, 1.165) is 5.56 Å². The molecule has 1 atom stereocenters. The van der Waals surface area contributed by atoms with Gasteiger partial charge in [0, 0.05) is 41.9 Å². The summed E-state index contributed by atoms with van der Waals surface area (Å²) in [5.41, 5.74) is 3.56. The number of amides is 2. The van der Waals surface area contributed by atoms with Gasteiger partial charge in [-0.05, 0) is 68.7 Å². The zero-order chi connectivity index (χ0) is 20.9. The first-order valence-corrected chi connectivity index (χ1v) is 9.76. The monoisotopic (exact) mass is 391 g/mol. The largest absolute Gasteiger partial charge is 0.332 e. The number of nitriles is 1. The lowest BCUT2D eigenvalue weighted by Crippen LogP contribution is -2.34. The molecule has 0 saturated carbocycles. The van der Waals surface area contributed by atoms with E-state index in [2.05, 4.69) is 6.07 Å². The van der Waals surface area contributed by atoms with Gasteiger partial charge in [-0.2, -0.15) is 5.26 Å². The van der Waals surface area contributed by atoms with Crippen LogP contribution in [0.1, 0.15) is 63.7 Å². The maximum absolute atomic E-state index is 14.7. The minimum atomic E-state index is -0.365. The van der Waals surface area contributed by atoms with Gasteiger partial charge in [0.1, 0.15) is 5.82 Å². The highest BCUT2D eigenvalue weighted by atomic mass is 19.1. The number of fused-ring (bicyclic) bond motifs is 2. The van der Waals surface area contributed by atoms with Gasteiger partial charge < -0.3 is 9.80 Å². The molecule has 2 amide bonds. The third-order valence-corrected chi connectivity index (χ3v) is 5.83. The third kappa shape index (κ3) is 3.17. The lowest BCUT2D eigenvalue weighted by atomic mass is 10.00. The Labute approximate surface area is 169 Å². The second-order valence-electron chi connectivity index (χ2n) is 8.10. The average Bonchev–Trinajstić information content (AvgIpc) is 3.19. The summed E-state index contributed by atoms with van der Waals surface area (Å²) in [6.07, 6.45) is 0.448. The van der Waals surface area contributed by atoms with E-state index in [4.69, 9.17) is 5.26 Å². The molecule has 5 nitrogen and oxygen atoms in total. The number of carbonyl (C=O) groups excluding carboxylic acids is 2. The van der Waals surface area contributed by atoms with Crippen molar-refractivity contribution in [1.29, 1.82) is 5.26 Å². The molecule has 0 aromatic heterocycles. The SMILES string of the molecule is CC(C)N1Cc2c(F)cc(CC(C)N3Cc4cc(C#N)ccc4C3=O)cc2C1=O. The van der Waals surface area contributed by atoms with Gasteiger partial charge in [0.05, 0.1) is 11.6 Å². The lowest BCUT2D eigenvalue weighted by Gasteiger charge is -2.24. The van der Waals surface area contributed by atoms with Crippen LogP contribution < -0.4 is 0 Å². The van der Waals surface area contributed by atoms with Crippen LogP contribution in [-0.4, -0.2) is 33.7 Å². The van der Waals surface area contributed by atoms with Crippen LogP contribution >= 0.6 is 0 Å². The molecule has 0 bridgehead atoms. The second kappa shape index (κ2) is 7.00. The molecule has 0 aliphatic carbocycles. The number of benzene rings is 2. The van der Waals surface area contributed by atoms with Crippen LogP contribution in [0.5, 0.6) is 0 Å². The maximum atomic E-state index is 14.7.